The number of hydrogen-bond acceptors (Lipinski definition) is 6. The number of amides is 2. The van der Waals surface area contributed by atoms with Crippen molar-refractivity contribution in [2.75, 3.05) is 18.5 Å². The summed E-state index contributed by atoms with van der Waals surface area (Å²) in [6.07, 6.45) is -1.11. The summed E-state index contributed by atoms with van der Waals surface area (Å²) in [5.41, 5.74) is 1.05. The summed E-state index contributed by atoms with van der Waals surface area (Å²) in [6.45, 7) is 4.77. The third-order valence-corrected chi connectivity index (χ3v) is 4.06. The maximum atomic E-state index is 12.3. The molecule has 0 aromatic heterocycles. The topological polar surface area (TPSA) is 111 Å². The summed E-state index contributed by atoms with van der Waals surface area (Å²) in [5.74, 6) is -1.37. The van der Waals surface area contributed by atoms with Crippen LogP contribution in [-0.2, 0) is 14.3 Å². The minimum Gasteiger partial charge on any atom is -0.494 e. The van der Waals surface area contributed by atoms with Gasteiger partial charge >= 0.3 is 5.97 Å². The van der Waals surface area contributed by atoms with E-state index in [0.29, 0.717) is 29.2 Å². The summed E-state index contributed by atoms with van der Waals surface area (Å²) < 4.78 is 10.4. The van der Waals surface area contributed by atoms with Gasteiger partial charge in [-0.25, -0.2) is 0 Å². The van der Waals surface area contributed by atoms with Crippen molar-refractivity contribution >= 4 is 29.3 Å². The van der Waals surface area contributed by atoms with Crippen molar-refractivity contribution in [3.05, 3.63) is 59.7 Å². The molecule has 0 saturated carbocycles. The lowest BCUT2D eigenvalue weighted by molar-refractivity contribution is -0.152. The van der Waals surface area contributed by atoms with E-state index >= 15 is 0 Å². The number of nitrogens with one attached hydrogen (secondary N) is 2. The second kappa shape index (κ2) is 10.8. The number of esters is 1. The Morgan fingerprint density at radius 1 is 1.00 bits per heavy atom. The first-order valence-corrected chi connectivity index (χ1v) is 9.43. The summed E-state index contributed by atoms with van der Waals surface area (Å²) >= 11 is 0. The molecule has 2 aromatic rings. The molecule has 0 spiro atoms. The lowest BCUT2D eigenvalue weighted by atomic mass is 10.1. The SMILES string of the molecule is CCOc1ccc(C(=O)NCC(=O)OC(C)C(=O)Nc2ccccc2C(C)=O)cc1. The zero-order chi connectivity index (χ0) is 22.1. The number of rotatable bonds is 9. The van der Waals surface area contributed by atoms with Crippen LogP contribution in [0, 0.1) is 0 Å². The second-order valence-corrected chi connectivity index (χ2v) is 6.36. The number of carbonyl (C=O) groups excluding carboxylic acids is 4. The molecular formula is C22H24N2O6. The van der Waals surface area contributed by atoms with Crippen LogP contribution in [0.2, 0.25) is 0 Å². The molecule has 158 valence electrons. The minimum absolute atomic E-state index is 0.201. The van der Waals surface area contributed by atoms with Crippen molar-refractivity contribution in [1.29, 1.82) is 0 Å². The monoisotopic (exact) mass is 412 g/mol. The highest BCUT2D eigenvalue weighted by Crippen LogP contribution is 2.16. The zero-order valence-electron chi connectivity index (χ0n) is 17.1. The molecule has 0 fully saturated rings. The Kier molecular flexibility index (Phi) is 8.10. The summed E-state index contributed by atoms with van der Waals surface area (Å²) in [6, 6.07) is 13.0. The predicted molar refractivity (Wildman–Crippen MR) is 111 cm³/mol. The molecule has 1 unspecified atom stereocenters. The first-order valence-electron chi connectivity index (χ1n) is 9.43. The predicted octanol–water partition coefficient (Wildman–Crippen LogP) is 2.59. The van der Waals surface area contributed by atoms with E-state index < -0.39 is 30.4 Å². The van der Waals surface area contributed by atoms with Crippen LogP contribution in [0.3, 0.4) is 0 Å². The number of anilines is 1. The van der Waals surface area contributed by atoms with Gasteiger partial charge in [0.05, 0.1) is 12.3 Å². The zero-order valence-corrected chi connectivity index (χ0v) is 17.1. The number of ketones is 1. The lowest BCUT2D eigenvalue weighted by Gasteiger charge is -2.15. The average Bonchev–Trinajstić information content (AvgIpc) is 2.73. The van der Waals surface area contributed by atoms with Crippen LogP contribution in [0.1, 0.15) is 41.5 Å². The molecule has 0 aliphatic heterocycles. The van der Waals surface area contributed by atoms with Crippen LogP contribution in [-0.4, -0.2) is 42.8 Å². The standard InChI is InChI=1S/C22H24N2O6/c1-4-29-17-11-9-16(10-12-17)22(28)23-13-20(26)30-15(3)21(27)24-19-8-6-5-7-18(19)14(2)25/h5-12,15H,4,13H2,1-3H3,(H,23,28)(H,24,27). The molecule has 30 heavy (non-hydrogen) atoms. The minimum atomic E-state index is -1.11. The van der Waals surface area contributed by atoms with E-state index in [1.54, 1.807) is 48.5 Å². The molecule has 2 amide bonds. The highest BCUT2D eigenvalue weighted by molar-refractivity contribution is 6.04. The molecule has 1 atom stereocenters. The number of hydrogen-bond donors (Lipinski definition) is 2. The quantitative estimate of drug-likeness (QED) is 0.484. The number of ether oxygens (including phenoxy) is 2. The van der Waals surface area contributed by atoms with Crippen molar-refractivity contribution < 1.29 is 28.7 Å². The lowest BCUT2D eigenvalue weighted by Crippen LogP contribution is -2.36. The fraction of sp³-hybridized carbons (Fsp3) is 0.273. The molecule has 0 heterocycles. The van der Waals surface area contributed by atoms with Gasteiger partial charge in [-0.3, -0.25) is 19.2 Å². The van der Waals surface area contributed by atoms with Crippen LogP contribution in [0.4, 0.5) is 5.69 Å². The van der Waals surface area contributed by atoms with Gasteiger partial charge < -0.3 is 20.1 Å². The van der Waals surface area contributed by atoms with Gasteiger partial charge in [0.25, 0.3) is 11.8 Å². The maximum Gasteiger partial charge on any atom is 0.326 e. The van der Waals surface area contributed by atoms with Crippen molar-refractivity contribution in [3.8, 4) is 5.75 Å². The van der Waals surface area contributed by atoms with E-state index in [1.807, 2.05) is 6.92 Å². The summed E-state index contributed by atoms with van der Waals surface area (Å²) in [4.78, 5) is 48.0. The Balaban J connectivity index is 1.84. The molecule has 0 aliphatic rings. The van der Waals surface area contributed by atoms with Crippen LogP contribution in [0.15, 0.2) is 48.5 Å². The fourth-order valence-corrected chi connectivity index (χ4v) is 2.55. The highest BCUT2D eigenvalue weighted by atomic mass is 16.5. The Bertz CT molecular complexity index is 923. The van der Waals surface area contributed by atoms with E-state index in [-0.39, 0.29) is 5.78 Å². The van der Waals surface area contributed by atoms with Gasteiger partial charge in [0, 0.05) is 11.1 Å². The van der Waals surface area contributed by atoms with Gasteiger partial charge in [-0.2, -0.15) is 0 Å². The van der Waals surface area contributed by atoms with Gasteiger partial charge in [-0.1, -0.05) is 12.1 Å². The van der Waals surface area contributed by atoms with Crippen LogP contribution >= 0.6 is 0 Å². The van der Waals surface area contributed by atoms with Crippen molar-refractivity contribution in [3.63, 3.8) is 0 Å². The van der Waals surface area contributed by atoms with Gasteiger partial charge in [0.1, 0.15) is 12.3 Å². The van der Waals surface area contributed by atoms with E-state index in [9.17, 15) is 19.2 Å². The third-order valence-electron chi connectivity index (χ3n) is 4.06. The molecule has 0 radical (unpaired) electrons. The second-order valence-electron chi connectivity index (χ2n) is 6.36. The van der Waals surface area contributed by atoms with E-state index in [2.05, 4.69) is 10.6 Å². The Hall–Kier alpha value is -3.68. The number of para-hydroxylation sites is 1. The average molecular weight is 412 g/mol. The number of Topliss-reactive ketones (excluding diaryl/α,β-unsaturated/α-hetero) is 1. The number of benzene rings is 2. The van der Waals surface area contributed by atoms with Gasteiger partial charge in [0.2, 0.25) is 0 Å². The van der Waals surface area contributed by atoms with Crippen LogP contribution in [0.25, 0.3) is 0 Å². The molecule has 0 saturated heterocycles. The third kappa shape index (κ3) is 6.44. The Morgan fingerprint density at radius 3 is 2.30 bits per heavy atom. The molecular weight excluding hydrogens is 388 g/mol. The van der Waals surface area contributed by atoms with Crippen molar-refractivity contribution in [2.24, 2.45) is 0 Å². The molecule has 2 N–H and O–H groups in total. The molecule has 0 aliphatic carbocycles. The summed E-state index contributed by atoms with van der Waals surface area (Å²) in [5, 5.41) is 5.00. The Labute approximate surface area is 174 Å². The largest absolute Gasteiger partial charge is 0.494 e. The van der Waals surface area contributed by atoms with Crippen LogP contribution < -0.4 is 15.4 Å². The first kappa shape index (κ1) is 22.6. The normalized spacial score (nSPS) is 11.2. The fourth-order valence-electron chi connectivity index (χ4n) is 2.55. The van der Waals surface area contributed by atoms with Gasteiger partial charge in [-0.05, 0) is 57.2 Å². The van der Waals surface area contributed by atoms with Crippen LogP contribution in [0.5, 0.6) is 5.75 Å². The van der Waals surface area contributed by atoms with Gasteiger partial charge in [0.15, 0.2) is 11.9 Å². The smallest absolute Gasteiger partial charge is 0.326 e. The van der Waals surface area contributed by atoms with E-state index in [1.165, 1.54) is 13.8 Å². The van der Waals surface area contributed by atoms with Crippen molar-refractivity contribution in [1.82, 2.24) is 5.32 Å². The number of carbonyl (C=O) groups is 4. The molecule has 0 bridgehead atoms. The molecule has 2 rings (SSSR count). The Morgan fingerprint density at radius 2 is 1.67 bits per heavy atom. The summed E-state index contributed by atoms with van der Waals surface area (Å²) in [7, 11) is 0. The first-order chi connectivity index (χ1) is 14.3. The highest BCUT2D eigenvalue weighted by Gasteiger charge is 2.20. The van der Waals surface area contributed by atoms with Crippen molar-refractivity contribution in [2.45, 2.75) is 26.9 Å². The molecule has 2 aromatic carbocycles. The molecule has 8 heteroatoms. The maximum absolute atomic E-state index is 12.3. The van der Waals surface area contributed by atoms with E-state index in [0.717, 1.165) is 0 Å². The molecule has 8 nitrogen and oxygen atoms in total. The van der Waals surface area contributed by atoms with E-state index in [4.69, 9.17) is 9.47 Å². The van der Waals surface area contributed by atoms with Gasteiger partial charge in [-0.15, -0.1) is 0 Å².